The lowest BCUT2D eigenvalue weighted by molar-refractivity contribution is 0.449. The molecular weight excluding hydrogens is 298 g/mol. The van der Waals surface area contributed by atoms with E-state index < -0.39 is 10.0 Å². The third kappa shape index (κ3) is 4.13. The summed E-state index contributed by atoms with van der Waals surface area (Å²) in [5.74, 6) is 0. The van der Waals surface area contributed by atoms with Crippen molar-refractivity contribution in [1.82, 2.24) is 10.3 Å². The van der Waals surface area contributed by atoms with Crippen LogP contribution in [0.4, 0.5) is 0 Å². The van der Waals surface area contributed by atoms with Gasteiger partial charge in [-0.3, -0.25) is 4.98 Å². The Morgan fingerprint density at radius 3 is 2.59 bits per heavy atom. The molecule has 0 aliphatic carbocycles. The number of rotatable bonds is 6. The number of pyridine rings is 1. The maximum absolute atomic E-state index is 11.5. The van der Waals surface area contributed by atoms with Gasteiger partial charge in [0.2, 0.25) is 10.0 Å². The molecule has 0 aliphatic heterocycles. The maximum atomic E-state index is 11.5. The summed E-state index contributed by atoms with van der Waals surface area (Å²) in [6, 6.07) is 12.6. The fourth-order valence-electron chi connectivity index (χ4n) is 2.38. The van der Waals surface area contributed by atoms with Crippen molar-refractivity contribution in [2.24, 2.45) is 5.14 Å². The molecule has 0 saturated carbocycles. The highest BCUT2D eigenvalue weighted by Crippen LogP contribution is 2.23. The van der Waals surface area contributed by atoms with Gasteiger partial charge in [-0.05, 0) is 43.2 Å². The molecule has 0 amide bonds. The van der Waals surface area contributed by atoms with Crippen LogP contribution in [0, 0.1) is 0 Å². The maximum Gasteiger partial charge on any atom is 0.238 e. The molecule has 2 rings (SSSR count). The van der Waals surface area contributed by atoms with Gasteiger partial charge >= 0.3 is 0 Å². The third-order valence-corrected chi connectivity index (χ3v) is 4.49. The van der Waals surface area contributed by atoms with E-state index in [1.807, 2.05) is 38.1 Å². The second-order valence-electron chi connectivity index (χ2n) is 5.22. The summed E-state index contributed by atoms with van der Waals surface area (Å²) >= 11 is 0. The average Bonchev–Trinajstić information content (AvgIpc) is 2.52. The Balaban J connectivity index is 2.22. The van der Waals surface area contributed by atoms with E-state index in [-0.39, 0.29) is 17.0 Å². The van der Waals surface area contributed by atoms with Gasteiger partial charge in [0.1, 0.15) is 0 Å². The smallest absolute Gasteiger partial charge is 0.238 e. The van der Waals surface area contributed by atoms with Crippen molar-refractivity contribution in [3.63, 3.8) is 0 Å². The molecule has 3 N–H and O–H groups in total. The van der Waals surface area contributed by atoms with Crippen LogP contribution in [0.1, 0.15) is 43.6 Å². The zero-order valence-corrected chi connectivity index (χ0v) is 13.5. The van der Waals surface area contributed by atoms with Crippen LogP contribution < -0.4 is 10.5 Å². The van der Waals surface area contributed by atoms with Crippen molar-refractivity contribution in [3.8, 4) is 0 Å². The molecule has 0 spiro atoms. The van der Waals surface area contributed by atoms with E-state index in [1.54, 1.807) is 18.3 Å². The molecule has 0 radical (unpaired) electrons. The van der Waals surface area contributed by atoms with Gasteiger partial charge in [-0.15, -0.1) is 0 Å². The monoisotopic (exact) mass is 319 g/mol. The van der Waals surface area contributed by atoms with Crippen molar-refractivity contribution in [2.75, 3.05) is 0 Å². The van der Waals surface area contributed by atoms with E-state index in [0.29, 0.717) is 0 Å². The Kier molecular flexibility index (Phi) is 5.28. The van der Waals surface area contributed by atoms with Crippen molar-refractivity contribution < 1.29 is 8.42 Å². The van der Waals surface area contributed by atoms with E-state index in [4.69, 9.17) is 5.14 Å². The zero-order valence-electron chi connectivity index (χ0n) is 12.7. The highest BCUT2D eigenvalue weighted by atomic mass is 32.2. The normalized spacial score (nSPS) is 14.5. The Labute approximate surface area is 131 Å². The van der Waals surface area contributed by atoms with Crippen molar-refractivity contribution in [1.29, 1.82) is 0 Å². The van der Waals surface area contributed by atoms with Crippen molar-refractivity contribution in [2.45, 2.75) is 37.2 Å². The van der Waals surface area contributed by atoms with Gasteiger partial charge < -0.3 is 5.32 Å². The Morgan fingerprint density at radius 2 is 2.00 bits per heavy atom. The number of aromatic nitrogens is 1. The predicted octanol–water partition coefficient (Wildman–Crippen LogP) is 2.53. The first-order valence-corrected chi connectivity index (χ1v) is 8.76. The summed E-state index contributed by atoms with van der Waals surface area (Å²) in [5, 5.41) is 8.68. The van der Waals surface area contributed by atoms with Gasteiger partial charge in [0, 0.05) is 18.3 Å². The summed E-state index contributed by atoms with van der Waals surface area (Å²) in [6.45, 7) is 4.08. The summed E-state index contributed by atoms with van der Waals surface area (Å²) in [6.07, 6.45) is 2.58. The lowest BCUT2D eigenvalue weighted by Crippen LogP contribution is -2.25. The van der Waals surface area contributed by atoms with Crippen LogP contribution in [0.25, 0.3) is 0 Å². The van der Waals surface area contributed by atoms with Crippen LogP contribution in [0.5, 0.6) is 0 Å². The highest BCUT2D eigenvalue weighted by Gasteiger charge is 2.16. The van der Waals surface area contributed by atoms with E-state index in [1.165, 1.54) is 6.07 Å². The van der Waals surface area contributed by atoms with Crippen LogP contribution in [0.15, 0.2) is 53.6 Å². The van der Waals surface area contributed by atoms with Crippen LogP contribution in [-0.2, 0) is 10.0 Å². The van der Waals surface area contributed by atoms with Gasteiger partial charge in [-0.1, -0.05) is 25.1 Å². The number of hydrogen-bond acceptors (Lipinski definition) is 4. The lowest BCUT2D eigenvalue weighted by Gasteiger charge is -2.22. The number of nitrogens with one attached hydrogen (secondary N) is 1. The van der Waals surface area contributed by atoms with Crippen LogP contribution in [0.2, 0.25) is 0 Å². The lowest BCUT2D eigenvalue weighted by atomic mass is 10.0. The van der Waals surface area contributed by atoms with Gasteiger partial charge in [-0.2, -0.15) is 0 Å². The number of sulfonamides is 1. The number of hydrogen-bond donors (Lipinski definition) is 2. The molecule has 0 bridgehead atoms. The predicted molar refractivity (Wildman–Crippen MR) is 86.6 cm³/mol. The SMILES string of the molecule is CC[C@@H](N[C@@H](C)c1ccccn1)c1cccc(S(N)(=O)=O)c1. The molecule has 0 aliphatic rings. The molecule has 6 heteroatoms. The van der Waals surface area contributed by atoms with E-state index in [9.17, 15) is 8.42 Å². The fraction of sp³-hybridized carbons (Fsp3) is 0.312. The molecule has 22 heavy (non-hydrogen) atoms. The molecule has 5 nitrogen and oxygen atoms in total. The molecular formula is C16H21N3O2S. The van der Waals surface area contributed by atoms with Gasteiger partial charge in [0.25, 0.3) is 0 Å². The van der Waals surface area contributed by atoms with Crippen molar-refractivity contribution >= 4 is 10.0 Å². The molecule has 1 aromatic heterocycles. The minimum Gasteiger partial charge on any atom is -0.302 e. The molecule has 2 atom stereocenters. The van der Waals surface area contributed by atoms with Gasteiger partial charge in [-0.25, -0.2) is 13.6 Å². The largest absolute Gasteiger partial charge is 0.302 e. The Morgan fingerprint density at radius 1 is 1.23 bits per heavy atom. The third-order valence-electron chi connectivity index (χ3n) is 3.58. The number of nitrogens with zero attached hydrogens (tertiary/aromatic N) is 1. The Hall–Kier alpha value is -1.76. The first-order valence-electron chi connectivity index (χ1n) is 7.21. The number of benzene rings is 1. The number of primary sulfonamides is 1. The standard InChI is InChI=1S/C16H21N3O2S/c1-3-15(19-12(2)16-9-4-5-10-18-16)13-7-6-8-14(11-13)22(17,20)21/h4-12,15,19H,3H2,1-2H3,(H2,17,20,21)/t12-,15+/m0/s1. The summed E-state index contributed by atoms with van der Waals surface area (Å²) in [4.78, 5) is 4.47. The second kappa shape index (κ2) is 7.00. The summed E-state index contributed by atoms with van der Waals surface area (Å²) < 4.78 is 23.0. The molecule has 2 aromatic rings. The molecule has 0 unspecified atom stereocenters. The fourth-order valence-corrected chi connectivity index (χ4v) is 2.95. The minimum absolute atomic E-state index is 0.0266. The first-order chi connectivity index (χ1) is 10.4. The van der Waals surface area contributed by atoms with Crippen LogP contribution in [-0.4, -0.2) is 13.4 Å². The van der Waals surface area contributed by atoms with E-state index in [2.05, 4.69) is 10.3 Å². The molecule has 0 fully saturated rings. The molecule has 1 aromatic carbocycles. The molecule has 118 valence electrons. The minimum atomic E-state index is -3.69. The van der Waals surface area contributed by atoms with Crippen LogP contribution in [0.3, 0.4) is 0 Å². The van der Waals surface area contributed by atoms with Crippen LogP contribution >= 0.6 is 0 Å². The molecule has 0 saturated heterocycles. The quantitative estimate of drug-likeness (QED) is 0.857. The average molecular weight is 319 g/mol. The van der Waals surface area contributed by atoms with Crippen molar-refractivity contribution in [3.05, 3.63) is 59.9 Å². The zero-order chi connectivity index (χ0) is 16.2. The van der Waals surface area contributed by atoms with E-state index >= 15 is 0 Å². The number of nitrogens with two attached hydrogens (primary N) is 1. The van der Waals surface area contributed by atoms with Gasteiger partial charge in [0.15, 0.2) is 0 Å². The molecule has 1 heterocycles. The highest BCUT2D eigenvalue weighted by molar-refractivity contribution is 7.89. The summed E-state index contributed by atoms with van der Waals surface area (Å²) in [7, 11) is -3.69. The topological polar surface area (TPSA) is 85.1 Å². The summed E-state index contributed by atoms with van der Waals surface area (Å²) in [5.41, 5.74) is 1.85. The Bertz CT molecular complexity index is 717. The second-order valence-corrected chi connectivity index (χ2v) is 6.78. The van der Waals surface area contributed by atoms with Gasteiger partial charge in [0.05, 0.1) is 10.6 Å². The van der Waals surface area contributed by atoms with E-state index in [0.717, 1.165) is 17.7 Å². The first kappa shape index (κ1) is 16.6.